The molecule has 0 unspecified atom stereocenters. The second kappa shape index (κ2) is 4.22. The van der Waals surface area contributed by atoms with Gasteiger partial charge in [-0.25, -0.2) is 4.39 Å². The molecule has 0 heterocycles. The summed E-state index contributed by atoms with van der Waals surface area (Å²) in [6, 6.07) is 3.36. The van der Waals surface area contributed by atoms with Crippen LogP contribution in [0.4, 0.5) is 4.39 Å². The molecule has 4 heteroatoms. The Labute approximate surface area is 99.5 Å². The fourth-order valence-corrected chi connectivity index (χ4v) is 2.59. The lowest BCUT2D eigenvalue weighted by molar-refractivity contribution is 0.402. The Balaban J connectivity index is 2.46. The Morgan fingerprint density at radius 1 is 1.38 bits per heavy atom. The van der Waals surface area contributed by atoms with E-state index < -0.39 is 11.4 Å². The Kier molecular flexibility index (Phi) is 3.08. The first-order chi connectivity index (χ1) is 7.58. The van der Waals surface area contributed by atoms with Crippen LogP contribution in [0.15, 0.2) is 12.1 Å². The first-order valence-corrected chi connectivity index (χ1v) is 5.77. The molecule has 1 aliphatic carbocycles. The van der Waals surface area contributed by atoms with E-state index in [2.05, 4.69) is 0 Å². The van der Waals surface area contributed by atoms with Crippen LogP contribution in [-0.4, -0.2) is 7.11 Å². The summed E-state index contributed by atoms with van der Waals surface area (Å²) in [6.45, 7) is 0. The van der Waals surface area contributed by atoms with E-state index in [1.54, 1.807) is 12.1 Å². The van der Waals surface area contributed by atoms with Gasteiger partial charge in [0.15, 0.2) is 5.82 Å². The maximum Gasteiger partial charge on any atom is 0.150 e. The van der Waals surface area contributed by atoms with Crippen LogP contribution in [0.2, 0.25) is 5.02 Å². The zero-order chi connectivity index (χ0) is 11.8. The largest absolute Gasteiger partial charge is 0.495 e. The van der Waals surface area contributed by atoms with Crippen molar-refractivity contribution in [3.05, 3.63) is 28.5 Å². The highest BCUT2D eigenvalue weighted by molar-refractivity contribution is 6.32. The number of halogens is 2. The van der Waals surface area contributed by atoms with E-state index in [9.17, 15) is 4.39 Å². The number of hydrogen-bond donors (Lipinski definition) is 1. The fraction of sp³-hybridized carbons (Fsp3) is 0.500. The van der Waals surface area contributed by atoms with Crippen molar-refractivity contribution < 1.29 is 9.13 Å². The number of rotatable bonds is 2. The van der Waals surface area contributed by atoms with Crippen LogP contribution in [0.1, 0.15) is 31.2 Å². The zero-order valence-electron chi connectivity index (χ0n) is 9.22. The van der Waals surface area contributed by atoms with Gasteiger partial charge in [-0.05, 0) is 18.9 Å². The number of nitrogens with two attached hydrogens (primary N) is 1. The molecule has 0 aromatic heterocycles. The maximum absolute atomic E-state index is 14.1. The number of benzene rings is 1. The molecule has 2 nitrogen and oxygen atoms in total. The van der Waals surface area contributed by atoms with Gasteiger partial charge in [-0.1, -0.05) is 30.5 Å². The monoisotopic (exact) mass is 243 g/mol. The van der Waals surface area contributed by atoms with E-state index in [0.29, 0.717) is 11.3 Å². The SMILES string of the molecule is COc1ccc(C2(N)CCCC2)c(F)c1Cl. The summed E-state index contributed by atoms with van der Waals surface area (Å²) in [5, 5.41) is 0.0247. The van der Waals surface area contributed by atoms with Crippen molar-refractivity contribution in [3.63, 3.8) is 0 Å². The zero-order valence-corrected chi connectivity index (χ0v) is 9.98. The molecule has 1 saturated carbocycles. The molecule has 0 radical (unpaired) electrons. The van der Waals surface area contributed by atoms with Crippen molar-refractivity contribution >= 4 is 11.6 Å². The minimum atomic E-state index is -0.556. The van der Waals surface area contributed by atoms with E-state index in [0.717, 1.165) is 25.7 Å². The molecule has 88 valence electrons. The summed E-state index contributed by atoms with van der Waals surface area (Å²) >= 11 is 5.88. The van der Waals surface area contributed by atoms with Gasteiger partial charge < -0.3 is 10.5 Å². The van der Waals surface area contributed by atoms with Gasteiger partial charge in [0, 0.05) is 11.1 Å². The second-order valence-electron chi connectivity index (χ2n) is 4.31. The number of ether oxygens (including phenoxy) is 1. The van der Waals surface area contributed by atoms with Gasteiger partial charge >= 0.3 is 0 Å². The molecule has 2 N–H and O–H groups in total. The fourth-order valence-electron chi connectivity index (χ4n) is 2.35. The lowest BCUT2D eigenvalue weighted by atomic mass is 9.89. The van der Waals surface area contributed by atoms with Gasteiger partial charge in [0.25, 0.3) is 0 Å². The molecule has 0 spiro atoms. The summed E-state index contributed by atoms with van der Waals surface area (Å²) < 4.78 is 19.0. The van der Waals surface area contributed by atoms with E-state index in [-0.39, 0.29) is 5.02 Å². The molecule has 1 fully saturated rings. The van der Waals surface area contributed by atoms with Gasteiger partial charge in [-0.2, -0.15) is 0 Å². The smallest absolute Gasteiger partial charge is 0.150 e. The van der Waals surface area contributed by atoms with Gasteiger partial charge in [-0.15, -0.1) is 0 Å². The summed E-state index contributed by atoms with van der Waals surface area (Å²) in [4.78, 5) is 0. The summed E-state index contributed by atoms with van der Waals surface area (Å²) in [7, 11) is 1.47. The van der Waals surface area contributed by atoms with E-state index in [1.807, 2.05) is 0 Å². The van der Waals surface area contributed by atoms with Crippen LogP contribution in [-0.2, 0) is 5.54 Å². The molecule has 1 aliphatic rings. The van der Waals surface area contributed by atoms with Gasteiger partial charge in [0.2, 0.25) is 0 Å². The van der Waals surface area contributed by atoms with Crippen molar-refractivity contribution in [1.82, 2.24) is 0 Å². The van der Waals surface area contributed by atoms with Gasteiger partial charge in [0.05, 0.1) is 7.11 Å². The molecule has 0 aliphatic heterocycles. The van der Waals surface area contributed by atoms with Crippen molar-refractivity contribution in [2.24, 2.45) is 5.73 Å². The Morgan fingerprint density at radius 2 is 2.00 bits per heavy atom. The van der Waals surface area contributed by atoms with E-state index in [1.165, 1.54) is 7.11 Å². The predicted octanol–water partition coefficient (Wildman–Crippen LogP) is 3.22. The first-order valence-electron chi connectivity index (χ1n) is 5.40. The Morgan fingerprint density at radius 3 is 2.56 bits per heavy atom. The average molecular weight is 244 g/mol. The van der Waals surface area contributed by atoms with Crippen LogP contribution in [0.3, 0.4) is 0 Å². The highest BCUT2D eigenvalue weighted by atomic mass is 35.5. The molecule has 0 bridgehead atoms. The molecular formula is C12H15ClFNO. The van der Waals surface area contributed by atoms with Crippen LogP contribution < -0.4 is 10.5 Å². The lowest BCUT2D eigenvalue weighted by Gasteiger charge is -2.25. The van der Waals surface area contributed by atoms with Crippen molar-refractivity contribution in [3.8, 4) is 5.75 Å². The molecule has 1 aromatic rings. The maximum atomic E-state index is 14.1. The first kappa shape index (κ1) is 11.7. The van der Waals surface area contributed by atoms with Crippen LogP contribution >= 0.6 is 11.6 Å². The molecular weight excluding hydrogens is 229 g/mol. The molecule has 2 rings (SSSR count). The van der Waals surface area contributed by atoms with E-state index in [4.69, 9.17) is 22.1 Å². The average Bonchev–Trinajstić information content (AvgIpc) is 2.70. The van der Waals surface area contributed by atoms with Crippen molar-refractivity contribution in [2.45, 2.75) is 31.2 Å². The number of methoxy groups -OCH3 is 1. The molecule has 16 heavy (non-hydrogen) atoms. The molecule has 0 saturated heterocycles. The predicted molar refractivity (Wildman–Crippen MR) is 62.3 cm³/mol. The highest BCUT2D eigenvalue weighted by Gasteiger charge is 2.34. The third kappa shape index (κ3) is 1.78. The topological polar surface area (TPSA) is 35.2 Å². The third-order valence-electron chi connectivity index (χ3n) is 3.30. The molecule has 1 aromatic carbocycles. The second-order valence-corrected chi connectivity index (χ2v) is 4.68. The molecule has 0 atom stereocenters. The minimum Gasteiger partial charge on any atom is -0.495 e. The van der Waals surface area contributed by atoms with Crippen LogP contribution in [0.25, 0.3) is 0 Å². The van der Waals surface area contributed by atoms with E-state index >= 15 is 0 Å². The Bertz CT molecular complexity index is 402. The van der Waals surface area contributed by atoms with Gasteiger partial charge in [-0.3, -0.25) is 0 Å². The lowest BCUT2D eigenvalue weighted by Crippen LogP contribution is -2.34. The van der Waals surface area contributed by atoms with Gasteiger partial charge in [0.1, 0.15) is 10.8 Å². The van der Waals surface area contributed by atoms with Crippen molar-refractivity contribution in [2.75, 3.05) is 7.11 Å². The third-order valence-corrected chi connectivity index (χ3v) is 3.65. The summed E-state index contributed by atoms with van der Waals surface area (Å²) in [6.07, 6.45) is 3.71. The summed E-state index contributed by atoms with van der Waals surface area (Å²) in [5.74, 6) is -0.0880. The summed E-state index contributed by atoms with van der Waals surface area (Å²) in [5.41, 5.74) is 6.16. The standard InChI is InChI=1S/C12H15ClFNO/c1-16-9-5-4-8(11(14)10(9)13)12(15)6-2-3-7-12/h4-5H,2-3,6-7,15H2,1H3. The van der Waals surface area contributed by atoms with Crippen LogP contribution in [0.5, 0.6) is 5.75 Å². The number of hydrogen-bond acceptors (Lipinski definition) is 2. The highest BCUT2D eigenvalue weighted by Crippen LogP contribution is 2.41. The Hall–Kier alpha value is -0.800. The quantitative estimate of drug-likeness (QED) is 0.866. The van der Waals surface area contributed by atoms with Crippen molar-refractivity contribution in [1.29, 1.82) is 0 Å². The normalized spacial score (nSPS) is 18.8. The molecule has 0 amide bonds. The van der Waals surface area contributed by atoms with Crippen LogP contribution in [0, 0.1) is 5.82 Å². The minimum absolute atomic E-state index is 0.0247.